The van der Waals surface area contributed by atoms with Crippen LogP contribution in [0.3, 0.4) is 0 Å². The first-order valence-electron chi connectivity index (χ1n) is 7.12. The summed E-state index contributed by atoms with van der Waals surface area (Å²) in [5.41, 5.74) is 2.34. The third kappa shape index (κ3) is 1.99. The highest BCUT2D eigenvalue weighted by atomic mass is 16.2. The summed E-state index contributed by atoms with van der Waals surface area (Å²) in [7, 11) is 0. The fraction of sp³-hybridized carbons (Fsp3) is 0.294. The number of imide groups is 1. The second kappa shape index (κ2) is 5.08. The van der Waals surface area contributed by atoms with Gasteiger partial charge in [0.05, 0.1) is 5.56 Å². The van der Waals surface area contributed by atoms with E-state index in [-0.39, 0.29) is 11.8 Å². The average Bonchev–Trinajstić information content (AvgIpc) is 2.45. The maximum absolute atomic E-state index is 12.2. The van der Waals surface area contributed by atoms with E-state index in [1.807, 2.05) is 24.3 Å². The van der Waals surface area contributed by atoms with Gasteiger partial charge < -0.3 is 0 Å². The highest BCUT2D eigenvalue weighted by molar-refractivity contribution is 6.26. The van der Waals surface area contributed by atoms with Crippen LogP contribution < -0.4 is 5.32 Å². The molecule has 102 valence electrons. The molecular weight excluding hydrogens is 250 g/mol. The molecule has 20 heavy (non-hydrogen) atoms. The SMILES string of the molecule is CCCCCc1ccc2cccc3c2c1C(=O)NC3=O. The van der Waals surface area contributed by atoms with Gasteiger partial charge in [0.1, 0.15) is 0 Å². The molecule has 1 heterocycles. The van der Waals surface area contributed by atoms with E-state index >= 15 is 0 Å². The topological polar surface area (TPSA) is 46.2 Å². The van der Waals surface area contributed by atoms with Gasteiger partial charge in [-0.2, -0.15) is 0 Å². The van der Waals surface area contributed by atoms with Crippen LogP contribution in [0.2, 0.25) is 0 Å². The fourth-order valence-corrected chi connectivity index (χ4v) is 2.88. The number of unbranched alkanes of at least 4 members (excludes halogenated alkanes) is 2. The van der Waals surface area contributed by atoms with Crippen molar-refractivity contribution < 1.29 is 9.59 Å². The van der Waals surface area contributed by atoms with Crippen molar-refractivity contribution in [1.82, 2.24) is 5.32 Å². The Morgan fingerprint density at radius 1 is 1.00 bits per heavy atom. The highest BCUT2D eigenvalue weighted by Gasteiger charge is 2.26. The van der Waals surface area contributed by atoms with Crippen LogP contribution in [0.25, 0.3) is 10.8 Å². The number of nitrogens with one attached hydrogen (secondary N) is 1. The molecule has 2 amide bonds. The molecule has 3 rings (SSSR count). The van der Waals surface area contributed by atoms with Crippen LogP contribution in [0.1, 0.15) is 52.5 Å². The highest BCUT2D eigenvalue weighted by Crippen LogP contribution is 2.29. The van der Waals surface area contributed by atoms with Crippen LogP contribution in [0.4, 0.5) is 0 Å². The molecule has 1 aliphatic heterocycles. The van der Waals surface area contributed by atoms with Crippen molar-refractivity contribution in [2.24, 2.45) is 0 Å². The summed E-state index contributed by atoms with van der Waals surface area (Å²) in [6.45, 7) is 2.16. The van der Waals surface area contributed by atoms with Gasteiger partial charge in [0, 0.05) is 10.9 Å². The molecule has 0 radical (unpaired) electrons. The van der Waals surface area contributed by atoms with Crippen LogP contribution in [0, 0.1) is 0 Å². The third-order valence-corrected chi connectivity index (χ3v) is 3.88. The predicted octanol–water partition coefficient (Wildman–Crippen LogP) is 3.46. The molecule has 2 aromatic carbocycles. The molecule has 0 saturated carbocycles. The van der Waals surface area contributed by atoms with Gasteiger partial charge in [0.15, 0.2) is 0 Å². The van der Waals surface area contributed by atoms with Gasteiger partial charge in [-0.1, -0.05) is 44.0 Å². The molecular formula is C17H17NO2. The summed E-state index contributed by atoms with van der Waals surface area (Å²) in [5.74, 6) is -0.551. The minimum absolute atomic E-state index is 0.259. The van der Waals surface area contributed by atoms with Gasteiger partial charge in [0.25, 0.3) is 11.8 Å². The van der Waals surface area contributed by atoms with Crippen molar-refractivity contribution in [2.75, 3.05) is 0 Å². The monoisotopic (exact) mass is 267 g/mol. The van der Waals surface area contributed by atoms with Gasteiger partial charge in [-0.05, 0) is 29.9 Å². The Morgan fingerprint density at radius 3 is 2.65 bits per heavy atom. The predicted molar refractivity (Wildman–Crippen MR) is 79.0 cm³/mol. The molecule has 0 unspecified atom stereocenters. The molecule has 0 spiro atoms. The van der Waals surface area contributed by atoms with Crippen LogP contribution >= 0.6 is 0 Å². The number of carbonyl (C=O) groups is 2. The lowest BCUT2D eigenvalue weighted by atomic mass is 9.89. The second-order valence-electron chi connectivity index (χ2n) is 5.24. The zero-order valence-corrected chi connectivity index (χ0v) is 11.5. The van der Waals surface area contributed by atoms with E-state index in [1.54, 1.807) is 6.07 Å². The maximum Gasteiger partial charge on any atom is 0.259 e. The summed E-state index contributed by atoms with van der Waals surface area (Å²) >= 11 is 0. The lowest BCUT2D eigenvalue weighted by Gasteiger charge is -2.19. The second-order valence-corrected chi connectivity index (χ2v) is 5.24. The van der Waals surface area contributed by atoms with E-state index in [9.17, 15) is 9.59 Å². The Balaban J connectivity index is 2.18. The quantitative estimate of drug-likeness (QED) is 0.681. The van der Waals surface area contributed by atoms with Crippen LogP contribution in [-0.2, 0) is 6.42 Å². The number of rotatable bonds is 4. The molecule has 0 aromatic heterocycles. The van der Waals surface area contributed by atoms with Crippen LogP contribution in [0.5, 0.6) is 0 Å². The lowest BCUT2D eigenvalue weighted by molar-refractivity contribution is 0.0844. The van der Waals surface area contributed by atoms with Crippen molar-refractivity contribution in [3.8, 4) is 0 Å². The summed E-state index contributed by atoms with van der Waals surface area (Å²) in [4.78, 5) is 24.1. The zero-order chi connectivity index (χ0) is 14.1. The molecule has 0 atom stereocenters. The minimum atomic E-state index is -0.293. The molecule has 3 nitrogen and oxygen atoms in total. The number of benzene rings is 2. The zero-order valence-electron chi connectivity index (χ0n) is 11.5. The molecule has 1 aliphatic rings. The number of aryl methyl sites for hydroxylation is 1. The Kier molecular flexibility index (Phi) is 3.26. The largest absolute Gasteiger partial charge is 0.288 e. The van der Waals surface area contributed by atoms with E-state index in [2.05, 4.69) is 12.2 Å². The van der Waals surface area contributed by atoms with Crippen LogP contribution in [-0.4, -0.2) is 11.8 Å². The van der Waals surface area contributed by atoms with E-state index in [1.165, 1.54) is 0 Å². The average molecular weight is 267 g/mol. The Bertz CT molecular complexity index is 703. The summed E-state index contributed by atoms with van der Waals surface area (Å²) in [6.07, 6.45) is 4.26. The van der Waals surface area contributed by atoms with E-state index in [0.717, 1.165) is 42.0 Å². The lowest BCUT2D eigenvalue weighted by Crippen LogP contribution is -2.35. The van der Waals surface area contributed by atoms with E-state index in [0.29, 0.717) is 11.1 Å². The maximum atomic E-state index is 12.2. The van der Waals surface area contributed by atoms with Crippen LogP contribution in [0.15, 0.2) is 30.3 Å². The van der Waals surface area contributed by atoms with Gasteiger partial charge in [-0.3, -0.25) is 14.9 Å². The van der Waals surface area contributed by atoms with Crippen molar-refractivity contribution in [2.45, 2.75) is 32.6 Å². The molecule has 0 aliphatic carbocycles. The van der Waals surface area contributed by atoms with Crippen molar-refractivity contribution in [1.29, 1.82) is 0 Å². The summed E-state index contributed by atoms with van der Waals surface area (Å²) in [6, 6.07) is 9.61. The normalized spacial score (nSPS) is 13.7. The molecule has 3 heteroatoms. The number of amides is 2. The summed E-state index contributed by atoms with van der Waals surface area (Å²) < 4.78 is 0. The smallest absolute Gasteiger partial charge is 0.259 e. The van der Waals surface area contributed by atoms with Gasteiger partial charge in [0.2, 0.25) is 0 Å². The van der Waals surface area contributed by atoms with Gasteiger partial charge in [-0.25, -0.2) is 0 Å². The third-order valence-electron chi connectivity index (χ3n) is 3.88. The van der Waals surface area contributed by atoms with Gasteiger partial charge >= 0.3 is 0 Å². The molecule has 0 bridgehead atoms. The number of hydrogen-bond donors (Lipinski definition) is 1. The van der Waals surface area contributed by atoms with Crippen molar-refractivity contribution in [3.05, 3.63) is 47.0 Å². The first kappa shape index (κ1) is 12.9. The van der Waals surface area contributed by atoms with E-state index in [4.69, 9.17) is 0 Å². The van der Waals surface area contributed by atoms with Crippen molar-refractivity contribution in [3.63, 3.8) is 0 Å². The number of carbonyl (C=O) groups excluding carboxylic acids is 2. The fourth-order valence-electron chi connectivity index (χ4n) is 2.88. The molecule has 1 N–H and O–H groups in total. The Morgan fingerprint density at radius 2 is 1.85 bits per heavy atom. The summed E-state index contributed by atoms with van der Waals surface area (Å²) in [5, 5.41) is 4.22. The minimum Gasteiger partial charge on any atom is -0.288 e. The molecule has 0 fully saturated rings. The van der Waals surface area contributed by atoms with Crippen molar-refractivity contribution >= 4 is 22.6 Å². The number of hydrogen-bond acceptors (Lipinski definition) is 2. The first-order chi connectivity index (χ1) is 9.72. The Hall–Kier alpha value is -2.16. The van der Waals surface area contributed by atoms with E-state index < -0.39 is 0 Å². The standard InChI is InChI=1S/C17H17NO2/c1-2-3-4-6-12-10-9-11-7-5-8-13-14(11)15(12)17(20)18-16(13)19/h5,7-10H,2-4,6H2,1H3,(H,18,19,20). The van der Waals surface area contributed by atoms with Gasteiger partial charge in [-0.15, -0.1) is 0 Å². The Labute approximate surface area is 118 Å². The first-order valence-corrected chi connectivity index (χ1v) is 7.12. The molecule has 0 saturated heterocycles. The molecule has 2 aromatic rings.